The maximum atomic E-state index is 4.78. The van der Waals surface area contributed by atoms with Crippen LogP contribution in [0.4, 0.5) is 0 Å². The van der Waals surface area contributed by atoms with Crippen molar-refractivity contribution in [2.45, 2.75) is 45.3 Å². The highest BCUT2D eigenvalue weighted by atomic mass is 32.1. The van der Waals surface area contributed by atoms with Crippen molar-refractivity contribution >= 4 is 11.3 Å². The van der Waals surface area contributed by atoms with Gasteiger partial charge in [0.05, 0.1) is 16.4 Å². The van der Waals surface area contributed by atoms with Crippen LogP contribution in [-0.2, 0) is 19.5 Å². The lowest BCUT2D eigenvalue weighted by Gasteiger charge is -2.35. The molecule has 3 saturated heterocycles. The molecule has 24 heavy (non-hydrogen) atoms. The average Bonchev–Trinajstić information content (AvgIpc) is 2.88. The number of rotatable bonds is 5. The predicted molar refractivity (Wildman–Crippen MR) is 97.9 cm³/mol. The molecule has 0 aliphatic carbocycles. The number of thiazole rings is 1. The van der Waals surface area contributed by atoms with E-state index in [1.165, 1.54) is 42.3 Å². The number of pyridine rings is 1. The first-order chi connectivity index (χ1) is 11.8. The molecule has 128 valence electrons. The third-order valence-corrected chi connectivity index (χ3v) is 6.32. The summed E-state index contributed by atoms with van der Waals surface area (Å²) in [6, 6.07) is 6.90. The number of nitrogens with zero attached hydrogens (tertiary/aromatic N) is 4. The summed E-state index contributed by atoms with van der Waals surface area (Å²) >= 11 is 1.81. The van der Waals surface area contributed by atoms with Crippen LogP contribution >= 0.6 is 11.3 Å². The third kappa shape index (κ3) is 3.68. The van der Waals surface area contributed by atoms with Gasteiger partial charge < -0.3 is 0 Å². The van der Waals surface area contributed by atoms with Gasteiger partial charge in [-0.3, -0.25) is 14.8 Å². The van der Waals surface area contributed by atoms with Crippen molar-refractivity contribution in [3.63, 3.8) is 0 Å². The van der Waals surface area contributed by atoms with Crippen LogP contribution in [0.15, 0.2) is 29.8 Å². The maximum Gasteiger partial charge on any atom is 0.0926 e. The lowest BCUT2D eigenvalue weighted by atomic mass is 9.95. The Hall–Kier alpha value is -1.30. The van der Waals surface area contributed by atoms with Gasteiger partial charge in [-0.1, -0.05) is 13.0 Å². The van der Waals surface area contributed by atoms with Crippen LogP contribution in [0.5, 0.6) is 0 Å². The summed E-state index contributed by atoms with van der Waals surface area (Å²) in [5.41, 5.74) is 2.46. The van der Waals surface area contributed by atoms with Gasteiger partial charge in [0.2, 0.25) is 0 Å². The monoisotopic (exact) mass is 342 g/mol. The minimum absolute atomic E-state index is 0.666. The first-order valence-electron chi connectivity index (χ1n) is 9.09. The van der Waals surface area contributed by atoms with Crippen LogP contribution in [0, 0.1) is 5.92 Å². The van der Waals surface area contributed by atoms with Crippen LogP contribution < -0.4 is 0 Å². The number of hydrogen-bond acceptors (Lipinski definition) is 5. The van der Waals surface area contributed by atoms with E-state index >= 15 is 0 Å². The molecule has 0 N–H and O–H groups in total. The molecule has 2 aromatic rings. The Balaban J connectivity index is 1.42. The van der Waals surface area contributed by atoms with E-state index in [0.717, 1.165) is 32.0 Å². The van der Waals surface area contributed by atoms with E-state index in [-0.39, 0.29) is 0 Å². The highest BCUT2D eigenvalue weighted by Crippen LogP contribution is 2.30. The second-order valence-electron chi connectivity index (χ2n) is 7.13. The number of hydrogen-bond donors (Lipinski definition) is 0. The Bertz CT molecular complexity index is 656. The molecule has 3 fully saturated rings. The summed E-state index contributed by atoms with van der Waals surface area (Å²) in [5.74, 6) is 0.789. The van der Waals surface area contributed by atoms with E-state index in [1.54, 1.807) is 0 Å². The first-order valence-corrected chi connectivity index (χ1v) is 9.97. The zero-order valence-electron chi connectivity index (χ0n) is 14.4. The van der Waals surface area contributed by atoms with Gasteiger partial charge in [0.25, 0.3) is 0 Å². The topological polar surface area (TPSA) is 32.3 Å². The van der Waals surface area contributed by atoms with Crippen molar-refractivity contribution in [3.05, 3.63) is 46.2 Å². The third-order valence-electron chi connectivity index (χ3n) is 5.28. The Morgan fingerprint density at radius 1 is 1.12 bits per heavy atom. The van der Waals surface area contributed by atoms with Gasteiger partial charge in [0.1, 0.15) is 0 Å². The molecule has 2 aromatic heterocycles. The lowest BCUT2D eigenvalue weighted by molar-refractivity contribution is 0.121. The molecular formula is C19H26N4S. The number of piperidine rings is 1. The predicted octanol–water partition coefficient (Wildman–Crippen LogP) is 3.20. The van der Waals surface area contributed by atoms with E-state index in [2.05, 4.69) is 39.2 Å². The van der Waals surface area contributed by atoms with Gasteiger partial charge in [-0.2, -0.15) is 0 Å². The molecular weight excluding hydrogens is 316 g/mol. The fourth-order valence-electron chi connectivity index (χ4n) is 4.11. The normalized spacial score (nSPS) is 25.0. The molecule has 0 spiro atoms. The van der Waals surface area contributed by atoms with Gasteiger partial charge in [-0.05, 0) is 37.3 Å². The SMILES string of the molecule is CCc1nc(CN2C[C@@H]3CC[C@H]2CN(Cc2ccccn2)C3)cs1. The van der Waals surface area contributed by atoms with Crippen LogP contribution in [0.2, 0.25) is 0 Å². The Labute approximate surface area is 148 Å². The minimum Gasteiger partial charge on any atom is -0.296 e. The van der Waals surface area contributed by atoms with E-state index in [1.807, 2.05) is 23.6 Å². The summed E-state index contributed by atoms with van der Waals surface area (Å²) in [5, 5.41) is 3.52. The molecule has 0 unspecified atom stereocenters. The van der Waals surface area contributed by atoms with Crippen molar-refractivity contribution in [1.29, 1.82) is 0 Å². The molecule has 3 aliphatic rings. The van der Waals surface area contributed by atoms with Crippen LogP contribution in [-0.4, -0.2) is 45.4 Å². The highest BCUT2D eigenvalue weighted by molar-refractivity contribution is 7.09. The molecule has 4 nitrogen and oxygen atoms in total. The molecule has 5 heterocycles. The van der Waals surface area contributed by atoms with Crippen molar-refractivity contribution in [2.24, 2.45) is 5.92 Å². The maximum absolute atomic E-state index is 4.78. The molecule has 0 radical (unpaired) electrons. The number of aromatic nitrogens is 2. The van der Waals surface area contributed by atoms with E-state index < -0.39 is 0 Å². The Kier molecular flexibility index (Phi) is 4.92. The van der Waals surface area contributed by atoms with Crippen LogP contribution in [0.25, 0.3) is 0 Å². The van der Waals surface area contributed by atoms with Crippen molar-refractivity contribution in [1.82, 2.24) is 19.8 Å². The molecule has 0 saturated carbocycles. The molecule has 5 rings (SSSR count). The van der Waals surface area contributed by atoms with Crippen molar-refractivity contribution in [3.8, 4) is 0 Å². The van der Waals surface area contributed by atoms with Gasteiger partial charge >= 0.3 is 0 Å². The van der Waals surface area contributed by atoms with E-state index in [4.69, 9.17) is 4.98 Å². The number of fused-ring (bicyclic) bond motifs is 4. The average molecular weight is 343 g/mol. The first kappa shape index (κ1) is 16.2. The quantitative estimate of drug-likeness (QED) is 0.835. The Morgan fingerprint density at radius 3 is 2.88 bits per heavy atom. The Morgan fingerprint density at radius 2 is 2.08 bits per heavy atom. The molecule has 0 aromatic carbocycles. The molecule has 3 aliphatic heterocycles. The minimum atomic E-state index is 0.666. The van der Waals surface area contributed by atoms with E-state index in [0.29, 0.717) is 6.04 Å². The van der Waals surface area contributed by atoms with Gasteiger partial charge in [-0.15, -0.1) is 11.3 Å². The van der Waals surface area contributed by atoms with Crippen molar-refractivity contribution in [2.75, 3.05) is 19.6 Å². The molecule has 0 amide bonds. The van der Waals surface area contributed by atoms with Gasteiger partial charge in [-0.25, -0.2) is 4.98 Å². The summed E-state index contributed by atoms with van der Waals surface area (Å²) in [6.45, 7) is 7.79. The molecule has 2 bridgehead atoms. The van der Waals surface area contributed by atoms with Crippen LogP contribution in [0.1, 0.15) is 36.2 Å². The fourth-order valence-corrected chi connectivity index (χ4v) is 4.85. The molecule has 5 heteroatoms. The number of aryl methyl sites for hydroxylation is 1. The fraction of sp³-hybridized carbons (Fsp3) is 0.579. The zero-order valence-corrected chi connectivity index (χ0v) is 15.2. The smallest absolute Gasteiger partial charge is 0.0926 e. The largest absolute Gasteiger partial charge is 0.296 e. The van der Waals surface area contributed by atoms with Gasteiger partial charge in [0.15, 0.2) is 0 Å². The van der Waals surface area contributed by atoms with Crippen LogP contribution in [0.3, 0.4) is 0 Å². The second-order valence-corrected chi connectivity index (χ2v) is 8.07. The summed E-state index contributed by atoms with van der Waals surface area (Å²) in [6.07, 6.45) is 5.65. The molecule has 2 atom stereocenters. The van der Waals surface area contributed by atoms with Crippen molar-refractivity contribution < 1.29 is 0 Å². The zero-order chi connectivity index (χ0) is 16.4. The standard InChI is InChI=1S/C19H26N4S/c1-2-19-21-17(14-24-19)12-23-10-15-6-7-18(23)13-22(9-15)11-16-5-3-4-8-20-16/h3-5,8,14-15,18H,2,6-7,9-13H2,1H3/t15-,18+/m1/s1. The second kappa shape index (κ2) is 7.30. The highest BCUT2D eigenvalue weighted by Gasteiger charge is 2.34. The van der Waals surface area contributed by atoms with Gasteiger partial charge in [0, 0.05) is 50.3 Å². The summed E-state index contributed by atoms with van der Waals surface area (Å²) in [7, 11) is 0. The van der Waals surface area contributed by atoms with E-state index in [9.17, 15) is 0 Å². The lowest BCUT2D eigenvalue weighted by Crippen LogP contribution is -2.43. The summed E-state index contributed by atoms with van der Waals surface area (Å²) in [4.78, 5) is 14.6. The summed E-state index contributed by atoms with van der Waals surface area (Å²) < 4.78 is 0.